The van der Waals surface area contributed by atoms with Crippen molar-refractivity contribution in [2.75, 3.05) is 23.3 Å². The van der Waals surface area contributed by atoms with Gasteiger partial charge >= 0.3 is 0 Å². The molecule has 0 amide bonds. The van der Waals surface area contributed by atoms with Crippen molar-refractivity contribution in [1.82, 2.24) is 9.78 Å². The average Bonchev–Trinajstić information content (AvgIpc) is 2.98. The molecule has 1 saturated heterocycles. The van der Waals surface area contributed by atoms with E-state index in [9.17, 15) is 0 Å². The summed E-state index contributed by atoms with van der Waals surface area (Å²) in [6.45, 7) is 6.52. The third-order valence-electron chi connectivity index (χ3n) is 4.12. The van der Waals surface area contributed by atoms with Crippen LogP contribution in [-0.2, 0) is 0 Å². The Morgan fingerprint density at radius 2 is 1.86 bits per heavy atom. The van der Waals surface area contributed by atoms with E-state index in [0.717, 1.165) is 18.8 Å². The summed E-state index contributed by atoms with van der Waals surface area (Å²) >= 11 is 0. The number of piperidine rings is 1. The Labute approximate surface area is 126 Å². The van der Waals surface area contributed by atoms with E-state index >= 15 is 0 Å². The number of benzene rings is 1. The van der Waals surface area contributed by atoms with E-state index < -0.39 is 0 Å². The van der Waals surface area contributed by atoms with Crippen LogP contribution in [0, 0.1) is 0 Å². The van der Waals surface area contributed by atoms with E-state index in [1.54, 1.807) is 0 Å². The molecule has 4 nitrogen and oxygen atoms in total. The summed E-state index contributed by atoms with van der Waals surface area (Å²) in [7, 11) is 0. The highest BCUT2D eigenvalue weighted by Crippen LogP contribution is 2.22. The number of nitrogens with one attached hydrogen (secondary N) is 1. The van der Waals surface area contributed by atoms with Gasteiger partial charge in [-0.25, -0.2) is 0 Å². The Morgan fingerprint density at radius 3 is 2.48 bits per heavy atom. The molecule has 21 heavy (non-hydrogen) atoms. The van der Waals surface area contributed by atoms with Gasteiger partial charge in [0.15, 0.2) is 0 Å². The van der Waals surface area contributed by atoms with Crippen molar-refractivity contribution < 1.29 is 0 Å². The molecule has 0 spiro atoms. The van der Waals surface area contributed by atoms with E-state index in [-0.39, 0.29) is 0 Å². The minimum Gasteiger partial charge on any atom is -0.380 e. The highest BCUT2D eigenvalue weighted by molar-refractivity contribution is 5.47. The summed E-state index contributed by atoms with van der Waals surface area (Å²) in [6.07, 6.45) is 6.38. The zero-order chi connectivity index (χ0) is 14.7. The van der Waals surface area contributed by atoms with Crippen LogP contribution in [0.4, 0.5) is 11.4 Å². The van der Waals surface area contributed by atoms with Crippen molar-refractivity contribution in [3.63, 3.8) is 0 Å². The lowest BCUT2D eigenvalue weighted by Crippen LogP contribution is -2.39. The fourth-order valence-corrected chi connectivity index (χ4v) is 2.85. The maximum Gasteiger partial charge on any atom is 0.0728 e. The highest BCUT2D eigenvalue weighted by Gasteiger charge is 2.19. The first-order valence-corrected chi connectivity index (χ1v) is 7.83. The third kappa shape index (κ3) is 3.38. The van der Waals surface area contributed by atoms with E-state index in [4.69, 9.17) is 0 Å². The van der Waals surface area contributed by atoms with Crippen LogP contribution in [0.1, 0.15) is 32.7 Å². The predicted octanol–water partition coefficient (Wildman–Crippen LogP) is 3.54. The molecule has 0 aliphatic carbocycles. The van der Waals surface area contributed by atoms with Crippen LogP contribution < -0.4 is 10.2 Å². The van der Waals surface area contributed by atoms with Gasteiger partial charge in [0.2, 0.25) is 0 Å². The molecule has 0 unspecified atom stereocenters. The fraction of sp³-hybridized carbons (Fsp3) is 0.471. The number of aromatic nitrogens is 2. The highest BCUT2D eigenvalue weighted by atomic mass is 15.3. The lowest BCUT2D eigenvalue weighted by atomic mass is 10.0. The SMILES string of the molecule is CC(C)n1cc(NC2CCN(c3ccccc3)CC2)cn1. The molecule has 0 atom stereocenters. The lowest BCUT2D eigenvalue weighted by Gasteiger charge is -2.34. The maximum atomic E-state index is 4.39. The van der Waals surface area contributed by atoms with Crippen LogP contribution in [0.5, 0.6) is 0 Å². The average molecular weight is 284 g/mol. The quantitative estimate of drug-likeness (QED) is 0.932. The zero-order valence-corrected chi connectivity index (χ0v) is 12.9. The van der Waals surface area contributed by atoms with Gasteiger partial charge in [0.05, 0.1) is 11.9 Å². The van der Waals surface area contributed by atoms with Crippen molar-refractivity contribution in [2.24, 2.45) is 0 Å². The second-order valence-electron chi connectivity index (χ2n) is 6.04. The van der Waals surface area contributed by atoms with Crippen LogP contribution >= 0.6 is 0 Å². The molecule has 1 aliphatic heterocycles. The minimum absolute atomic E-state index is 0.417. The fourth-order valence-electron chi connectivity index (χ4n) is 2.85. The molecular weight excluding hydrogens is 260 g/mol. The standard InChI is InChI=1S/C17H24N4/c1-14(2)21-13-16(12-18-21)19-15-8-10-20(11-9-15)17-6-4-3-5-7-17/h3-7,12-15,19H,8-11H2,1-2H3. The molecule has 0 bridgehead atoms. The summed E-state index contributed by atoms with van der Waals surface area (Å²) in [6, 6.07) is 11.7. The molecular formula is C17H24N4. The van der Waals surface area contributed by atoms with Crippen molar-refractivity contribution in [1.29, 1.82) is 0 Å². The Balaban J connectivity index is 1.54. The summed E-state index contributed by atoms with van der Waals surface area (Å²) in [5, 5.41) is 8.01. The Bertz CT molecular complexity index is 553. The second-order valence-corrected chi connectivity index (χ2v) is 6.04. The maximum absolute atomic E-state index is 4.39. The number of para-hydroxylation sites is 1. The Kier molecular flexibility index (Phi) is 4.13. The van der Waals surface area contributed by atoms with Gasteiger partial charge in [-0.05, 0) is 38.8 Å². The summed E-state index contributed by atoms with van der Waals surface area (Å²) in [4.78, 5) is 2.47. The van der Waals surface area contributed by atoms with E-state index in [1.165, 1.54) is 18.5 Å². The van der Waals surface area contributed by atoms with Gasteiger partial charge in [0.25, 0.3) is 0 Å². The van der Waals surface area contributed by atoms with E-state index in [2.05, 4.69) is 65.7 Å². The molecule has 2 heterocycles. The van der Waals surface area contributed by atoms with Crippen LogP contribution in [0.2, 0.25) is 0 Å². The van der Waals surface area contributed by atoms with Crippen molar-refractivity contribution >= 4 is 11.4 Å². The Hall–Kier alpha value is -1.97. The van der Waals surface area contributed by atoms with E-state index in [0.29, 0.717) is 12.1 Å². The van der Waals surface area contributed by atoms with Crippen molar-refractivity contribution in [3.8, 4) is 0 Å². The number of anilines is 2. The van der Waals surface area contributed by atoms with E-state index in [1.807, 2.05) is 10.9 Å². The molecule has 0 radical (unpaired) electrons. The number of nitrogens with zero attached hydrogens (tertiary/aromatic N) is 3. The number of rotatable bonds is 4. The summed E-state index contributed by atoms with van der Waals surface area (Å²) in [5.41, 5.74) is 2.48. The van der Waals surface area contributed by atoms with Gasteiger partial charge in [-0.15, -0.1) is 0 Å². The molecule has 1 N–H and O–H groups in total. The molecule has 3 rings (SSSR count). The topological polar surface area (TPSA) is 33.1 Å². The second kappa shape index (κ2) is 6.20. The summed E-state index contributed by atoms with van der Waals surface area (Å²) < 4.78 is 2.00. The molecule has 1 aromatic heterocycles. The minimum atomic E-state index is 0.417. The molecule has 2 aromatic rings. The smallest absolute Gasteiger partial charge is 0.0728 e. The first kappa shape index (κ1) is 14.0. The van der Waals surface area contributed by atoms with Gasteiger partial charge in [-0.1, -0.05) is 18.2 Å². The number of hydrogen-bond donors (Lipinski definition) is 1. The third-order valence-corrected chi connectivity index (χ3v) is 4.12. The van der Waals surface area contributed by atoms with Gasteiger partial charge in [-0.3, -0.25) is 4.68 Å². The van der Waals surface area contributed by atoms with Gasteiger partial charge in [0, 0.05) is 37.1 Å². The monoisotopic (exact) mass is 284 g/mol. The van der Waals surface area contributed by atoms with Crippen molar-refractivity contribution in [3.05, 3.63) is 42.7 Å². The van der Waals surface area contributed by atoms with Crippen LogP contribution in [0.3, 0.4) is 0 Å². The Morgan fingerprint density at radius 1 is 1.14 bits per heavy atom. The first-order chi connectivity index (χ1) is 10.2. The van der Waals surface area contributed by atoms with Crippen LogP contribution in [0.25, 0.3) is 0 Å². The lowest BCUT2D eigenvalue weighted by molar-refractivity contribution is 0.524. The van der Waals surface area contributed by atoms with Gasteiger partial charge in [0.1, 0.15) is 0 Å². The summed E-state index contributed by atoms with van der Waals surface area (Å²) in [5.74, 6) is 0. The van der Waals surface area contributed by atoms with Crippen LogP contribution in [-0.4, -0.2) is 28.9 Å². The molecule has 0 saturated carbocycles. The molecule has 1 aromatic carbocycles. The largest absolute Gasteiger partial charge is 0.380 e. The first-order valence-electron chi connectivity index (χ1n) is 7.83. The zero-order valence-electron chi connectivity index (χ0n) is 12.9. The van der Waals surface area contributed by atoms with Gasteiger partial charge < -0.3 is 10.2 Å². The molecule has 1 aliphatic rings. The predicted molar refractivity (Wildman–Crippen MR) is 87.9 cm³/mol. The molecule has 112 valence electrons. The molecule has 1 fully saturated rings. The molecule has 4 heteroatoms. The number of hydrogen-bond acceptors (Lipinski definition) is 3. The van der Waals surface area contributed by atoms with Gasteiger partial charge in [-0.2, -0.15) is 5.10 Å². The van der Waals surface area contributed by atoms with Crippen molar-refractivity contribution in [2.45, 2.75) is 38.8 Å². The van der Waals surface area contributed by atoms with Crippen LogP contribution in [0.15, 0.2) is 42.7 Å². The normalized spacial score (nSPS) is 16.4.